The van der Waals surface area contributed by atoms with Gasteiger partial charge < -0.3 is 9.88 Å². The lowest BCUT2D eigenvalue weighted by molar-refractivity contribution is 0.737. The molecule has 1 aromatic heterocycles. The Labute approximate surface area is 349 Å². The zero-order valence-corrected chi connectivity index (χ0v) is 33.0. The number of nitrogens with zero attached hydrogens (tertiary/aromatic N) is 3. The lowest BCUT2D eigenvalue weighted by Crippen LogP contribution is -2.45. The van der Waals surface area contributed by atoms with Crippen LogP contribution in [0.3, 0.4) is 0 Å². The van der Waals surface area contributed by atoms with Gasteiger partial charge in [0.25, 0.3) is 0 Å². The maximum absolute atomic E-state index is 5.40. The Morgan fingerprint density at radius 1 is 0.550 bits per heavy atom. The predicted octanol–water partition coefficient (Wildman–Crippen LogP) is 14.1. The van der Waals surface area contributed by atoms with Crippen LogP contribution in [0.5, 0.6) is 0 Å². The van der Waals surface area contributed by atoms with Gasteiger partial charge in [-0.25, -0.2) is 4.99 Å². The lowest BCUT2D eigenvalue weighted by atomic mass is 9.93. The van der Waals surface area contributed by atoms with E-state index in [9.17, 15) is 0 Å². The Balaban J connectivity index is 0.971. The summed E-state index contributed by atoms with van der Waals surface area (Å²) in [5.74, 6) is 0.821. The van der Waals surface area contributed by atoms with Crippen molar-refractivity contribution in [3.8, 4) is 27.9 Å². The molecule has 0 amide bonds. The number of benzene rings is 8. The Hall–Kier alpha value is -7.69. The van der Waals surface area contributed by atoms with Crippen LogP contribution in [0, 0.1) is 0 Å². The molecule has 0 saturated heterocycles. The van der Waals surface area contributed by atoms with E-state index < -0.39 is 0 Å². The van der Waals surface area contributed by atoms with Gasteiger partial charge in [-0.2, -0.15) is 0 Å². The highest BCUT2D eigenvalue weighted by Crippen LogP contribution is 2.44. The quantitative estimate of drug-likeness (QED) is 0.193. The maximum atomic E-state index is 5.40. The fraction of sp³-hybridized carbons (Fsp3) is 0.0536. The van der Waals surface area contributed by atoms with Gasteiger partial charge in [0.2, 0.25) is 5.96 Å². The van der Waals surface area contributed by atoms with Gasteiger partial charge in [-0.1, -0.05) is 164 Å². The molecule has 0 saturated carbocycles. The first-order valence-corrected chi connectivity index (χ1v) is 20.9. The molecule has 0 fully saturated rings. The van der Waals surface area contributed by atoms with Crippen molar-refractivity contribution in [1.29, 1.82) is 0 Å². The topological polar surface area (TPSA) is 32.6 Å². The van der Waals surface area contributed by atoms with Crippen molar-refractivity contribution in [1.82, 2.24) is 9.88 Å². The van der Waals surface area contributed by atoms with Crippen LogP contribution in [-0.4, -0.2) is 10.5 Å². The van der Waals surface area contributed by atoms with Crippen LogP contribution in [-0.2, 0) is 0 Å². The second-order valence-corrected chi connectivity index (χ2v) is 15.9. The number of hydrogen-bond donors (Lipinski definition) is 1. The van der Waals surface area contributed by atoms with Crippen LogP contribution in [0.25, 0.3) is 66.6 Å². The van der Waals surface area contributed by atoms with Gasteiger partial charge in [0.1, 0.15) is 0 Å². The highest BCUT2D eigenvalue weighted by molar-refractivity contribution is 6.16. The fourth-order valence-corrected chi connectivity index (χ4v) is 9.66. The predicted molar refractivity (Wildman–Crippen MR) is 251 cm³/mol. The summed E-state index contributed by atoms with van der Waals surface area (Å²) < 4.78 is 2.39. The second kappa shape index (κ2) is 14.0. The van der Waals surface area contributed by atoms with Crippen molar-refractivity contribution in [3.63, 3.8) is 0 Å². The van der Waals surface area contributed by atoms with Gasteiger partial charge >= 0.3 is 0 Å². The zero-order chi connectivity index (χ0) is 39.6. The van der Waals surface area contributed by atoms with Crippen molar-refractivity contribution < 1.29 is 0 Å². The van der Waals surface area contributed by atoms with Crippen LogP contribution in [0.1, 0.15) is 35.6 Å². The molecule has 4 heteroatoms. The number of aromatic nitrogens is 1. The van der Waals surface area contributed by atoms with Gasteiger partial charge in [-0.05, 0) is 105 Å². The van der Waals surface area contributed by atoms with E-state index in [1.165, 1.54) is 71.5 Å². The number of anilines is 1. The molecule has 3 heterocycles. The third-order valence-corrected chi connectivity index (χ3v) is 12.4. The normalized spacial score (nSPS) is 15.7. The molecule has 1 N–H and O–H groups in total. The minimum absolute atomic E-state index is 0.0923. The summed E-state index contributed by atoms with van der Waals surface area (Å²) in [5.41, 5.74) is 16.4. The summed E-state index contributed by atoms with van der Waals surface area (Å²) in [4.78, 5) is 7.76. The average molecular weight is 769 g/mol. The Bertz CT molecular complexity index is 3280. The molecule has 1 unspecified atom stereocenters. The van der Waals surface area contributed by atoms with Gasteiger partial charge in [0.15, 0.2) is 0 Å². The standard InChI is InChI=1S/C56H40N4/c1-2-17-43(18-3-1)59-52-26-11-8-21-48(52)54-46(23-13-27-53(54)59)41-34-35-51-42(36-41)33-30-39-15-5-10-25-50(39)60(51)56-57-49-24-9-7-20-47(49)55(58-56)40-31-28-38(29-32-40)45-22-12-16-37-14-4-6-19-44(37)45/h1-4,6-9,11-36,55H,5,10H2,(H,57,58). The molecule has 284 valence electrons. The van der Waals surface area contributed by atoms with E-state index in [0.717, 1.165) is 47.1 Å². The van der Waals surface area contributed by atoms with E-state index in [4.69, 9.17) is 4.99 Å². The molecule has 4 nitrogen and oxygen atoms in total. The lowest BCUT2D eigenvalue weighted by Gasteiger charge is -2.36. The molecular weight excluding hydrogens is 729 g/mol. The Morgan fingerprint density at radius 3 is 2.18 bits per heavy atom. The first-order valence-electron chi connectivity index (χ1n) is 20.9. The molecule has 12 rings (SSSR count). The Kier molecular flexibility index (Phi) is 8.02. The molecule has 3 aliphatic rings. The zero-order valence-electron chi connectivity index (χ0n) is 33.0. The van der Waals surface area contributed by atoms with E-state index in [0.29, 0.717) is 0 Å². The van der Waals surface area contributed by atoms with Crippen molar-refractivity contribution in [3.05, 3.63) is 228 Å². The number of rotatable bonds is 4. The van der Waals surface area contributed by atoms with Crippen LogP contribution < -0.4 is 10.2 Å². The van der Waals surface area contributed by atoms with E-state index in [1.54, 1.807) is 0 Å². The summed E-state index contributed by atoms with van der Waals surface area (Å²) in [6.07, 6.45) is 11.3. The Morgan fingerprint density at radius 2 is 1.27 bits per heavy atom. The third-order valence-electron chi connectivity index (χ3n) is 12.4. The van der Waals surface area contributed by atoms with E-state index >= 15 is 0 Å². The van der Waals surface area contributed by atoms with Crippen LogP contribution >= 0.6 is 0 Å². The number of fused-ring (bicyclic) bond motifs is 7. The number of para-hydroxylation sites is 3. The largest absolute Gasteiger partial charge is 0.344 e. The first kappa shape index (κ1) is 34.4. The number of hydrogen-bond acceptors (Lipinski definition) is 3. The molecule has 0 bridgehead atoms. The number of allylic oxidation sites excluding steroid dienone is 3. The monoisotopic (exact) mass is 768 g/mol. The van der Waals surface area contributed by atoms with Gasteiger partial charge in [-0.3, -0.25) is 4.90 Å². The molecule has 60 heavy (non-hydrogen) atoms. The number of guanidine groups is 1. The molecule has 0 radical (unpaired) electrons. The van der Waals surface area contributed by atoms with Crippen LogP contribution in [0.2, 0.25) is 0 Å². The smallest absolute Gasteiger partial charge is 0.209 e. The number of nitrogens with one attached hydrogen (secondary N) is 1. The van der Waals surface area contributed by atoms with Gasteiger partial charge in [0, 0.05) is 22.0 Å². The van der Waals surface area contributed by atoms with E-state index in [2.05, 4.69) is 221 Å². The third kappa shape index (κ3) is 5.56. The van der Waals surface area contributed by atoms with Crippen molar-refractivity contribution in [2.75, 3.05) is 4.90 Å². The summed E-state index contributed by atoms with van der Waals surface area (Å²) in [5, 5.41) is 8.99. The van der Waals surface area contributed by atoms with Gasteiger partial charge in [-0.15, -0.1) is 0 Å². The van der Waals surface area contributed by atoms with Crippen LogP contribution in [0.15, 0.2) is 216 Å². The summed E-state index contributed by atoms with van der Waals surface area (Å²) in [6.45, 7) is 0. The molecule has 1 atom stereocenters. The maximum Gasteiger partial charge on any atom is 0.209 e. The van der Waals surface area contributed by atoms with Crippen molar-refractivity contribution in [2.24, 2.45) is 4.99 Å². The highest BCUT2D eigenvalue weighted by atomic mass is 15.3. The molecule has 2 aliphatic heterocycles. The first-order chi connectivity index (χ1) is 29.8. The fourth-order valence-electron chi connectivity index (χ4n) is 9.66. The molecule has 9 aromatic rings. The summed E-state index contributed by atoms with van der Waals surface area (Å²) in [6, 6.07) is 65.9. The molecule has 0 spiro atoms. The number of aliphatic imine (C=N–C) groups is 1. The van der Waals surface area contributed by atoms with E-state index in [-0.39, 0.29) is 6.04 Å². The van der Waals surface area contributed by atoms with E-state index in [1.807, 2.05) is 0 Å². The SMILES string of the molecule is C1=Cc2cc(-c3cccc4c3c3ccccc3n4-c3ccccc3)ccc2N(C2=Nc3ccccc3C(c3ccc(-c4cccc5ccccc45)cc3)N2)C2=CCCC=C12. The molecular formula is C56H40N4. The van der Waals surface area contributed by atoms with Crippen molar-refractivity contribution in [2.45, 2.75) is 18.9 Å². The summed E-state index contributed by atoms with van der Waals surface area (Å²) in [7, 11) is 0. The summed E-state index contributed by atoms with van der Waals surface area (Å²) >= 11 is 0. The van der Waals surface area contributed by atoms with Gasteiger partial charge in [0.05, 0.1) is 34.1 Å². The second-order valence-electron chi connectivity index (χ2n) is 15.9. The molecule has 8 aromatic carbocycles. The van der Waals surface area contributed by atoms with Crippen LogP contribution in [0.4, 0.5) is 11.4 Å². The highest BCUT2D eigenvalue weighted by Gasteiger charge is 2.32. The molecule has 1 aliphatic carbocycles. The minimum atomic E-state index is -0.0923. The minimum Gasteiger partial charge on any atom is -0.344 e. The average Bonchev–Trinajstić information content (AvgIpc) is 3.56. The van der Waals surface area contributed by atoms with Crippen molar-refractivity contribution >= 4 is 56.0 Å².